The van der Waals surface area contributed by atoms with Crippen molar-refractivity contribution in [3.05, 3.63) is 20.8 Å². The Kier molecular flexibility index (Phi) is 4.49. The first kappa shape index (κ1) is 13.6. The Morgan fingerprint density at radius 1 is 1.69 bits per heavy atom. The van der Waals surface area contributed by atoms with Crippen LogP contribution in [0, 0.1) is 0 Å². The van der Waals surface area contributed by atoms with Crippen molar-refractivity contribution in [3.63, 3.8) is 0 Å². The number of carboxylic acid groups (broad SMARTS) is 1. The van der Waals surface area contributed by atoms with Crippen LogP contribution in [0.15, 0.2) is 15.9 Å². The van der Waals surface area contributed by atoms with Gasteiger partial charge in [0.2, 0.25) is 0 Å². The summed E-state index contributed by atoms with van der Waals surface area (Å²) in [5.74, 6) is -1.20. The van der Waals surface area contributed by atoms with E-state index in [2.05, 4.69) is 15.9 Å². The van der Waals surface area contributed by atoms with Crippen molar-refractivity contribution in [1.82, 2.24) is 4.90 Å². The van der Waals surface area contributed by atoms with Crippen molar-refractivity contribution in [1.29, 1.82) is 0 Å². The Morgan fingerprint density at radius 2 is 2.31 bits per heavy atom. The molecule has 1 aromatic heterocycles. The predicted molar refractivity (Wildman–Crippen MR) is 66.6 cm³/mol. The van der Waals surface area contributed by atoms with Crippen LogP contribution in [0.25, 0.3) is 0 Å². The van der Waals surface area contributed by atoms with E-state index in [1.807, 2.05) is 11.4 Å². The summed E-state index contributed by atoms with van der Waals surface area (Å²) in [5, 5.41) is 20.3. The highest BCUT2D eigenvalue weighted by Gasteiger charge is 2.31. The largest absolute Gasteiger partial charge is 0.479 e. The molecule has 0 saturated carbocycles. The second-order valence-corrected chi connectivity index (χ2v) is 5.89. The minimum atomic E-state index is -1.71. The lowest BCUT2D eigenvalue weighted by Gasteiger charge is -2.24. The molecule has 16 heavy (non-hydrogen) atoms. The lowest BCUT2D eigenvalue weighted by molar-refractivity contribution is -0.158. The zero-order valence-electron chi connectivity index (χ0n) is 9.11. The first-order valence-electron chi connectivity index (χ1n) is 4.68. The zero-order chi connectivity index (χ0) is 12.3. The third kappa shape index (κ3) is 3.86. The van der Waals surface area contributed by atoms with E-state index in [0.29, 0.717) is 6.54 Å². The van der Waals surface area contributed by atoms with Gasteiger partial charge in [0.05, 0.1) is 0 Å². The molecule has 0 aliphatic rings. The zero-order valence-corrected chi connectivity index (χ0v) is 11.5. The Hall–Kier alpha value is -0.430. The molecule has 0 fully saturated rings. The fourth-order valence-corrected chi connectivity index (χ4v) is 2.88. The maximum atomic E-state index is 10.7. The summed E-state index contributed by atoms with van der Waals surface area (Å²) in [6, 6.07) is 1.98. The monoisotopic (exact) mass is 307 g/mol. The normalized spacial score (nSPS) is 15.1. The van der Waals surface area contributed by atoms with Gasteiger partial charge in [0, 0.05) is 27.8 Å². The Bertz CT molecular complexity index is 378. The van der Waals surface area contributed by atoms with Crippen LogP contribution in [-0.4, -0.2) is 40.3 Å². The molecule has 1 atom stereocenters. The maximum absolute atomic E-state index is 10.7. The number of likely N-dealkylation sites (N-methyl/N-ethyl adjacent to an activating group) is 1. The Labute approximate surface area is 107 Å². The van der Waals surface area contributed by atoms with Crippen LogP contribution in [0.3, 0.4) is 0 Å². The quantitative estimate of drug-likeness (QED) is 0.870. The number of hydrogen-bond donors (Lipinski definition) is 2. The molecular weight excluding hydrogens is 294 g/mol. The van der Waals surface area contributed by atoms with E-state index in [9.17, 15) is 9.90 Å². The van der Waals surface area contributed by atoms with Crippen molar-refractivity contribution in [2.45, 2.75) is 19.1 Å². The molecule has 0 aromatic carbocycles. The second kappa shape index (κ2) is 5.27. The first-order chi connectivity index (χ1) is 7.31. The molecule has 1 aromatic rings. The fourth-order valence-electron chi connectivity index (χ4n) is 1.35. The highest BCUT2D eigenvalue weighted by molar-refractivity contribution is 9.10. The van der Waals surface area contributed by atoms with Crippen molar-refractivity contribution < 1.29 is 15.0 Å². The molecule has 4 nitrogen and oxygen atoms in total. The smallest absolute Gasteiger partial charge is 0.336 e. The lowest BCUT2D eigenvalue weighted by Crippen LogP contribution is -2.45. The number of hydrogen-bond acceptors (Lipinski definition) is 4. The topological polar surface area (TPSA) is 60.8 Å². The van der Waals surface area contributed by atoms with Crippen LogP contribution < -0.4 is 0 Å². The van der Waals surface area contributed by atoms with Crippen molar-refractivity contribution in [2.75, 3.05) is 13.6 Å². The molecule has 1 rings (SSSR count). The first-order valence-corrected chi connectivity index (χ1v) is 6.36. The third-order valence-corrected chi connectivity index (χ3v) is 3.77. The minimum Gasteiger partial charge on any atom is -0.479 e. The van der Waals surface area contributed by atoms with Crippen LogP contribution in [0.1, 0.15) is 11.8 Å². The molecule has 0 spiro atoms. The minimum absolute atomic E-state index is 0.0951. The molecule has 1 unspecified atom stereocenters. The third-order valence-electron chi connectivity index (χ3n) is 2.09. The summed E-state index contributed by atoms with van der Waals surface area (Å²) in [6.07, 6.45) is 0. The number of carbonyl (C=O) groups is 1. The second-order valence-electron chi connectivity index (χ2n) is 3.98. The van der Waals surface area contributed by atoms with Crippen LogP contribution in [-0.2, 0) is 11.3 Å². The van der Waals surface area contributed by atoms with Gasteiger partial charge < -0.3 is 10.2 Å². The summed E-state index contributed by atoms with van der Waals surface area (Å²) >= 11 is 4.95. The van der Waals surface area contributed by atoms with Gasteiger partial charge in [-0.3, -0.25) is 4.90 Å². The summed E-state index contributed by atoms with van der Waals surface area (Å²) in [6.45, 7) is 2.02. The molecule has 0 saturated heterocycles. The molecule has 90 valence electrons. The van der Waals surface area contributed by atoms with E-state index in [-0.39, 0.29) is 6.54 Å². The number of aliphatic hydroxyl groups is 1. The SMILES string of the molecule is CN(Cc1cc(Br)cs1)CC(C)(O)C(=O)O. The highest BCUT2D eigenvalue weighted by atomic mass is 79.9. The van der Waals surface area contributed by atoms with Crippen molar-refractivity contribution in [2.24, 2.45) is 0 Å². The molecule has 0 bridgehead atoms. The van der Waals surface area contributed by atoms with Gasteiger partial charge in [0.15, 0.2) is 5.60 Å². The lowest BCUT2D eigenvalue weighted by atomic mass is 10.1. The van der Waals surface area contributed by atoms with Gasteiger partial charge in [-0.25, -0.2) is 4.79 Å². The predicted octanol–water partition coefficient (Wildman–Crippen LogP) is 1.78. The fraction of sp³-hybridized carbons (Fsp3) is 0.500. The molecule has 1 heterocycles. The summed E-state index contributed by atoms with van der Waals surface area (Å²) < 4.78 is 1.02. The molecule has 0 radical (unpaired) electrons. The number of nitrogens with zero attached hydrogens (tertiary/aromatic N) is 1. The van der Waals surface area contributed by atoms with Crippen molar-refractivity contribution in [3.8, 4) is 0 Å². The van der Waals surface area contributed by atoms with Gasteiger partial charge in [-0.1, -0.05) is 0 Å². The van der Waals surface area contributed by atoms with Gasteiger partial charge in [0.1, 0.15) is 0 Å². The summed E-state index contributed by atoms with van der Waals surface area (Å²) in [5.41, 5.74) is -1.71. The average molecular weight is 308 g/mol. The van der Waals surface area contributed by atoms with Gasteiger partial charge in [-0.15, -0.1) is 11.3 Å². The van der Waals surface area contributed by atoms with Gasteiger partial charge in [-0.05, 0) is 36.0 Å². The van der Waals surface area contributed by atoms with E-state index in [0.717, 1.165) is 9.35 Å². The number of halogens is 1. The highest BCUT2D eigenvalue weighted by Crippen LogP contribution is 2.21. The van der Waals surface area contributed by atoms with E-state index >= 15 is 0 Å². The van der Waals surface area contributed by atoms with Crippen molar-refractivity contribution >= 4 is 33.2 Å². The summed E-state index contributed by atoms with van der Waals surface area (Å²) in [7, 11) is 1.78. The molecule has 0 amide bonds. The standard InChI is InChI=1S/C10H14BrNO3S/c1-10(15,9(13)14)6-12(2)4-8-3-7(11)5-16-8/h3,5,15H,4,6H2,1-2H3,(H,13,14). The number of carboxylic acids is 1. The van der Waals surface area contributed by atoms with E-state index < -0.39 is 11.6 Å². The molecule has 2 N–H and O–H groups in total. The maximum Gasteiger partial charge on any atom is 0.336 e. The molecule has 0 aliphatic heterocycles. The summed E-state index contributed by atoms with van der Waals surface area (Å²) in [4.78, 5) is 13.6. The van der Waals surface area contributed by atoms with Crippen LogP contribution in [0.5, 0.6) is 0 Å². The Balaban J connectivity index is 2.54. The van der Waals surface area contributed by atoms with Gasteiger partial charge in [-0.2, -0.15) is 0 Å². The number of thiophene rings is 1. The molecule has 0 aliphatic carbocycles. The average Bonchev–Trinajstić information content (AvgIpc) is 2.49. The Morgan fingerprint density at radius 3 is 2.75 bits per heavy atom. The van der Waals surface area contributed by atoms with E-state index in [1.54, 1.807) is 23.3 Å². The van der Waals surface area contributed by atoms with Gasteiger partial charge >= 0.3 is 5.97 Å². The van der Waals surface area contributed by atoms with Crippen LogP contribution >= 0.6 is 27.3 Å². The molecule has 6 heteroatoms. The van der Waals surface area contributed by atoms with E-state index in [4.69, 9.17) is 5.11 Å². The van der Waals surface area contributed by atoms with Crippen LogP contribution in [0.4, 0.5) is 0 Å². The van der Waals surface area contributed by atoms with Gasteiger partial charge in [0.25, 0.3) is 0 Å². The number of rotatable bonds is 5. The van der Waals surface area contributed by atoms with E-state index in [1.165, 1.54) is 6.92 Å². The van der Waals surface area contributed by atoms with Crippen LogP contribution in [0.2, 0.25) is 0 Å². The molecular formula is C10H14BrNO3S. The number of aliphatic carboxylic acids is 1.